The maximum atomic E-state index is 12.6. The third kappa shape index (κ3) is 2.61. The maximum Gasteiger partial charge on any atom is 0.267 e. The van der Waals surface area contributed by atoms with Gasteiger partial charge in [0.1, 0.15) is 11.0 Å². The summed E-state index contributed by atoms with van der Waals surface area (Å²) in [6.45, 7) is 1.87. The van der Waals surface area contributed by atoms with Gasteiger partial charge in [-0.3, -0.25) is 9.59 Å². The highest BCUT2D eigenvalue weighted by atomic mass is 32.1. The zero-order valence-corrected chi connectivity index (χ0v) is 14.9. The molecule has 0 spiro atoms. The molecule has 132 valence electrons. The largest absolute Gasteiger partial charge is 0.338 e. The van der Waals surface area contributed by atoms with E-state index >= 15 is 0 Å². The van der Waals surface area contributed by atoms with E-state index in [9.17, 15) is 9.59 Å². The molecule has 1 amide bonds. The van der Waals surface area contributed by atoms with E-state index in [-0.39, 0.29) is 17.4 Å². The molecule has 0 N–H and O–H groups in total. The Morgan fingerprint density at radius 1 is 1.15 bits per heavy atom. The van der Waals surface area contributed by atoms with Crippen molar-refractivity contribution in [3.63, 3.8) is 0 Å². The van der Waals surface area contributed by atoms with Gasteiger partial charge in [-0.05, 0) is 43.0 Å². The smallest absolute Gasteiger partial charge is 0.267 e. The van der Waals surface area contributed by atoms with Gasteiger partial charge in [0.05, 0.1) is 24.0 Å². The molecule has 1 aromatic carbocycles. The summed E-state index contributed by atoms with van der Waals surface area (Å²) >= 11 is 1.15. The second-order valence-electron chi connectivity index (χ2n) is 7.03. The van der Waals surface area contributed by atoms with Crippen molar-refractivity contribution in [2.75, 3.05) is 13.1 Å². The highest BCUT2D eigenvalue weighted by Gasteiger charge is 2.32. The van der Waals surface area contributed by atoms with Crippen molar-refractivity contribution in [1.82, 2.24) is 23.4 Å². The van der Waals surface area contributed by atoms with Crippen LogP contribution in [-0.4, -0.2) is 42.4 Å². The van der Waals surface area contributed by atoms with Crippen LogP contribution in [0.4, 0.5) is 0 Å². The van der Waals surface area contributed by atoms with Gasteiger partial charge in [0.15, 0.2) is 0 Å². The Kier molecular flexibility index (Phi) is 3.59. The molecule has 1 aliphatic heterocycles. The Bertz CT molecular complexity index is 1070. The highest BCUT2D eigenvalue weighted by molar-refractivity contribution is 7.00. The Balaban J connectivity index is 1.26. The molecule has 1 fully saturated rings. The topological polar surface area (TPSA) is 81.0 Å². The van der Waals surface area contributed by atoms with Crippen LogP contribution in [0.3, 0.4) is 0 Å². The van der Waals surface area contributed by atoms with Crippen LogP contribution in [0.25, 0.3) is 11.0 Å². The van der Waals surface area contributed by atoms with E-state index in [0.29, 0.717) is 25.2 Å². The Hall–Kier alpha value is -2.61. The normalized spacial score (nSPS) is 16.7. The molecule has 0 atom stereocenters. The van der Waals surface area contributed by atoms with Crippen molar-refractivity contribution in [2.24, 2.45) is 5.92 Å². The van der Waals surface area contributed by atoms with Gasteiger partial charge in [-0.15, -0.1) is 0 Å². The minimum absolute atomic E-state index is 0.00501. The molecule has 2 aromatic heterocycles. The number of benzene rings is 1. The predicted molar refractivity (Wildman–Crippen MR) is 97.3 cm³/mol. The summed E-state index contributed by atoms with van der Waals surface area (Å²) in [6.07, 6.45) is 3.00. The standard InChI is InChI=1S/C18H17N5O2S/c24-17-7-12-2-1-3-14(12)19-23(17)10-11-8-22(9-11)18(25)13-4-5-15-16(6-13)21-26-20-15/h4-7,11H,1-3,8-10H2. The number of carbonyl (C=O) groups is 1. The maximum absolute atomic E-state index is 12.6. The lowest BCUT2D eigenvalue weighted by Gasteiger charge is -2.39. The van der Waals surface area contributed by atoms with Crippen molar-refractivity contribution in [3.8, 4) is 0 Å². The van der Waals surface area contributed by atoms with Crippen molar-refractivity contribution in [1.29, 1.82) is 0 Å². The van der Waals surface area contributed by atoms with Crippen molar-refractivity contribution in [2.45, 2.75) is 25.8 Å². The van der Waals surface area contributed by atoms with Crippen LogP contribution < -0.4 is 5.56 Å². The first-order chi connectivity index (χ1) is 12.7. The van der Waals surface area contributed by atoms with Crippen LogP contribution in [0, 0.1) is 5.92 Å². The first kappa shape index (κ1) is 15.6. The number of hydrogen-bond donors (Lipinski definition) is 0. The van der Waals surface area contributed by atoms with Crippen LogP contribution in [0.15, 0.2) is 29.1 Å². The summed E-state index contributed by atoms with van der Waals surface area (Å²) in [5, 5.41) is 4.52. The third-order valence-corrected chi connectivity index (χ3v) is 5.76. The van der Waals surface area contributed by atoms with Gasteiger partial charge in [0.25, 0.3) is 11.5 Å². The van der Waals surface area contributed by atoms with Crippen LogP contribution in [0.2, 0.25) is 0 Å². The molecule has 26 heavy (non-hydrogen) atoms. The molecule has 0 radical (unpaired) electrons. The number of likely N-dealkylation sites (tertiary alicyclic amines) is 1. The van der Waals surface area contributed by atoms with E-state index in [1.807, 2.05) is 11.0 Å². The fourth-order valence-electron chi connectivity index (χ4n) is 3.76. The number of fused-ring (bicyclic) bond motifs is 2. The van der Waals surface area contributed by atoms with Gasteiger partial charge in [-0.25, -0.2) is 4.68 Å². The van der Waals surface area contributed by atoms with Crippen molar-refractivity contribution >= 4 is 28.7 Å². The summed E-state index contributed by atoms with van der Waals surface area (Å²) in [7, 11) is 0. The number of nitrogens with zero attached hydrogens (tertiary/aromatic N) is 5. The van der Waals surface area contributed by atoms with Gasteiger partial charge >= 0.3 is 0 Å². The second kappa shape index (κ2) is 5.98. The molecule has 8 heteroatoms. The average Bonchev–Trinajstić information content (AvgIpc) is 3.24. The molecule has 5 rings (SSSR count). The summed E-state index contributed by atoms with van der Waals surface area (Å²) in [4.78, 5) is 26.6. The predicted octanol–water partition coefficient (Wildman–Crippen LogP) is 1.51. The molecule has 3 aromatic rings. The molecular formula is C18H17N5O2S. The fraction of sp³-hybridized carbons (Fsp3) is 0.389. The van der Waals surface area contributed by atoms with Crippen LogP contribution in [0.5, 0.6) is 0 Å². The average molecular weight is 367 g/mol. The van der Waals surface area contributed by atoms with Crippen LogP contribution in [-0.2, 0) is 19.4 Å². The summed E-state index contributed by atoms with van der Waals surface area (Å²) in [6, 6.07) is 7.15. The Morgan fingerprint density at radius 3 is 2.88 bits per heavy atom. The van der Waals surface area contributed by atoms with Crippen molar-refractivity contribution in [3.05, 3.63) is 51.4 Å². The summed E-state index contributed by atoms with van der Waals surface area (Å²) in [5.41, 5.74) is 4.33. The molecule has 1 saturated heterocycles. The second-order valence-corrected chi connectivity index (χ2v) is 7.56. The van der Waals surface area contributed by atoms with E-state index < -0.39 is 0 Å². The molecule has 0 saturated carbocycles. The van der Waals surface area contributed by atoms with E-state index in [1.54, 1.807) is 22.9 Å². The number of amides is 1. The SMILES string of the molecule is O=C(c1ccc2nsnc2c1)N1CC(Cn2nc3c(cc2=O)CCC3)C1. The number of hydrogen-bond acceptors (Lipinski definition) is 6. The van der Waals surface area contributed by atoms with Gasteiger partial charge in [-0.2, -0.15) is 13.8 Å². The molecule has 1 aliphatic carbocycles. The van der Waals surface area contributed by atoms with E-state index in [1.165, 1.54) is 0 Å². The van der Waals surface area contributed by atoms with Crippen molar-refractivity contribution < 1.29 is 4.79 Å². The van der Waals surface area contributed by atoms with E-state index in [4.69, 9.17) is 0 Å². The zero-order valence-electron chi connectivity index (χ0n) is 14.1. The fourth-order valence-corrected chi connectivity index (χ4v) is 4.28. The van der Waals surface area contributed by atoms with E-state index in [0.717, 1.165) is 53.3 Å². The summed E-state index contributed by atoms with van der Waals surface area (Å²) < 4.78 is 9.92. The van der Waals surface area contributed by atoms with E-state index in [2.05, 4.69) is 13.8 Å². The number of rotatable bonds is 3. The van der Waals surface area contributed by atoms with Gasteiger partial charge in [-0.1, -0.05) is 0 Å². The molecule has 3 heterocycles. The lowest BCUT2D eigenvalue weighted by molar-refractivity contribution is 0.0458. The molecule has 0 unspecified atom stereocenters. The number of carbonyl (C=O) groups excluding carboxylic acids is 1. The monoisotopic (exact) mass is 367 g/mol. The van der Waals surface area contributed by atoms with Crippen LogP contribution >= 0.6 is 11.7 Å². The quantitative estimate of drug-likeness (QED) is 0.701. The molecule has 0 bridgehead atoms. The zero-order chi connectivity index (χ0) is 17.7. The van der Waals surface area contributed by atoms with Gasteiger partial charge in [0.2, 0.25) is 0 Å². The minimum atomic E-state index is -0.0306. The highest BCUT2D eigenvalue weighted by Crippen LogP contribution is 2.22. The summed E-state index contributed by atoms with van der Waals surface area (Å²) in [5.74, 6) is 0.277. The molecule has 7 nitrogen and oxygen atoms in total. The minimum Gasteiger partial charge on any atom is -0.338 e. The third-order valence-electron chi connectivity index (χ3n) is 5.20. The lowest BCUT2D eigenvalue weighted by atomic mass is 9.98. The van der Waals surface area contributed by atoms with Gasteiger partial charge < -0.3 is 4.90 Å². The number of aromatic nitrogens is 4. The molecule has 2 aliphatic rings. The lowest BCUT2D eigenvalue weighted by Crippen LogP contribution is -2.52. The van der Waals surface area contributed by atoms with Gasteiger partial charge in [0, 0.05) is 30.6 Å². The van der Waals surface area contributed by atoms with Crippen LogP contribution in [0.1, 0.15) is 28.0 Å². The first-order valence-corrected chi connectivity index (χ1v) is 9.52. The Labute approximate surface area is 153 Å². The number of aryl methyl sites for hydroxylation is 2. The Morgan fingerprint density at radius 2 is 2.00 bits per heavy atom. The molecular weight excluding hydrogens is 350 g/mol. The first-order valence-electron chi connectivity index (χ1n) is 8.79.